The molecule has 0 aromatic carbocycles. The van der Waals surface area contributed by atoms with Crippen molar-refractivity contribution in [2.45, 2.75) is 200 Å². The van der Waals surface area contributed by atoms with E-state index < -0.39 is 26.5 Å². The molecule has 0 saturated carbocycles. The van der Waals surface area contributed by atoms with Gasteiger partial charge in [0.25, 0.3) is 0 Å². The van der Waals surface area contributed by atoms with Crippen molar-refractivity contribution in [2.75, 3.05) is 47.5 Å². The summed E-state index contributed by atoms with van der Waals surface area (Å²) in [7, 11) is 1.47. The van der Waals surface area contributed by atoms with Gasteiger partial charge in [0.15, 0.2) is 6.10 Å². The fraction of sp³-hybridized carbons (Fsp3) is 0.864. The number of phosphoric acid groups is 1. The van der Waals surface area contributed by atoms with E-state index in [4.69, 9.17) is 18.5 Å². The number of carbonyl (C=O) groups is 2. The number of hydrogen-bond acceptors (Lipinski definition) is 7. The minimum Gasteiger partial charge on any atom is -0.462 e. The molecule has 10 heteroatoms. The maximum absolute atomic E-state index is 12.7. The second kappa shape index (κ2) is 37.1. The van der Waals surface area contributed by atoms with Gasteiger partial charge in [-0.2, -0.15) is 0 Å². The van der Waals surface area contributed by atoms with Crippen LogP contribution < -0.4 is 0 Å². The van der Waals surface area contributed by atoms with Gasteiger partial charge >= 0.3 is 19.8 Å². The van der Waals surface area contributed by atoms with Crippen molar-refractivity contribution in [3.63, 3.8) is 0 Å². The molecule has 0 rings (SSSR count). The van der Waals surface area contributed by atoms with E-state index in [2.05, 4.69) is 38.2 Å². The summed E-state index contributed by atoms with van der Waals surface area (Å²) in [5.74, 6) is -0.808. The molecule has 318 valence electrons. The molecule has 0 bridgehead atoms. The molecule has 0 saturated heterocycles. The highest BCUT2D eigenvalue weighted by Gasteiger charge is 2.27. The SMILES string of the molecule is CCCCC/C=C\C/C=C\CCCCCCCC(=O)OCC(COP(=O)(O)OCC[N+](C)(C)C)OC(=O)CCCCCCCCCCCCCCCCC. The summed E-state index contributed by atoms with van der Waals surface area (Å²) in [4.78, 5) is 35.3. The number of phosphoric ester groups is 1. The topological polar surface area (TPSA) is 108 Å². The first-order valence-electron chi connectivity index (χ1n) is 22.1. The summed E-state index contributed by atoms with van der Waals surface area (Å²) >= 11 is 0. The van der Waals surface area contributed by atoms with E-state index >= 15 is 0 Å². The van der Waals surface area contributed by atoms with Crippen LogP contribution >= 0.6 is 7.82 Å². The number of rotatable bonds is 40. The van der Waals surface area contributed by atoms with Crippen molar-refractivity contribution in [1.82, 2.24) is 0 Å². The molecular formula is C44H85NO8P+. The van der Waals surface area contributed by atoms with E-state index in [1.807, 2.05) is 21.1 Å². The number of esters is 2. The van der Waals surface area contributed by atoms with E-state index in [9.17, 15) is 19.0 Å². The van der Waals surface area contributed by atoms with Gasteiger partial charge in [-0.25, -0.2) is 4.57 Å². The van der Waals surface area contributed by atoms with Crippen LogP contribution in [0.15, 0.2) is 24.3 Å². The zero-order chi connectivity index (χ0) is 40.0. The first kappa shape index (κ1) is 52.5. The first-order valence-corrected chi connectivity index (χ1v) is 23.6. The molecule has 0 fully saturated rings. The van der Waals surface area contributed by atoms with Gasteiger partial charge in [-0.15, -0.1) is 0 Å². The summed E-state index contributed by atoms with van der Waals surface area (Å²) in [6.45, 7) is 4.39. The number of ether oxygens (including phenoxy) is 2. The standard InChI is InChI=1S/C44H84NO8P/c1-6-8-10-12-14-16-18-20-22-24-26-28-30-32-34-36-43(46)50-40-42(41-52-54(48,49)51-39-38-45(3,4)5)53-44(47)37-35-33-31-29-27-25-23-21-19-17-15-13-11-9-7-2/h14,16,20,22,42H,6-13,15,17-19,21,23-41H2,1-5H3/p+1/b16-14-,22-20-. The van der Waals surface area contributed by atoms with Crippen molar-refractivity contribution >= 4 is 19.8 Å². The van der Waals surface area contributed by atoms with Crippen LogP contribution in [0.2, 0.25) is 0 Å². The third-order valence-electron chi connectivity index (χ3n) is 9.48. The molecular weight excluding hydrogens is 701 g/mol. The lowest BCUT2D eigenvalue weighted by Gasteiger charge is -2.24. The number of quaternary nitrogens is 1. The average molecular weight is 787 g/mol. The summed E-state index contributed by atoms with van der Waals surface area (Å²) in [5.41, 5.74) is 0. The lowest BCUT2D eigenvalue weighted by molar-refractivity contribution is -0.870. The number of hydrogen-bond donors (Lipinski definition) is 1. The molecule has 2 unspecified atom stereocenters. The molecule has 0 aliphatic carbocycles. The van der Waals surface area contributed by atoms with Crippen molar-refractivity contribution < 1.29 is 42.1 Å². The minimum atomic E-state index is -4.37. The van der Waals surface area contributed by atoms with Gasteiger partial charge in [0.2, 0.25) is 0 Å². The highest BCUT2D eigenvalue weighted by atomic mass is 31.2. The highest BCUT2D eigenvalue weighted by Crippen LogP contribution is 2.43. The Kier molecular flexibility index (Phi) is 36.1. The quantitative estimate of drug-likeness (QED) is 0.0215. The number of carbonyl (C=O) groups excluding carboxylic acids is 2. The molecule has 0 aromatic rings. The smallest absolute Gasteiger partial charge is 0.462 e. The van der Waals surface area contributed by atoms with Crippen LogP contribution in [0.1, 0.15) is 194 Å². The van der Waals surface area contributed by atoms with Gasteiger partial charge < -0.3 is 18.9 Å². The number of unbranched alkanes of at least 4 members (excludes halogenated alkanes) is 22. The molecule has 0 aliphatic heterocycles. The molecule has 9 nitrogen and oxygen atoms in total. The van der Waals surface area contributed by atoms with Gasteiger partial charge in [-0.3, -0.25) is 18.6 Å². The van der Waals surface area contributed by atoms with E-state index in [0.717, 1.165) is 57.8 Å². The van der Waals surface area contributed by atoms with Crippen LogP contribution in [-0.4, -0.2) is 74.9 Å². The minimum absolute atomic E-state index is 0.0312. The fourth-order valence-electron chi connectivity index (χ4n) is 5.99. The van der Waals surface area contributed by atoms with E-state index in [0.29, 0.717) is 17.4 Å². The fourth-order valence-corrected chi connectivity index (χ4v) is 6.73. The zero-order valence-electron chi connectivity index (χ0n) is 35.7. The third-order valence-corrected chi connectivity index (χ3v) is 10.5. The van der Waals surface area contributed by atoms with Crippen LogP contribution in [0.5, 0.6) is 0 Å². The van der Waals surface area contributed by atoms with Gasteiger partial charge in [0.1, 0.15) is 19.8 Å². The normalized spacial score (nSPS) is 13.8. The number of allylic oxidation sites excluding steroid dienone is 4. The summed E-state index contributed by atoms with van der Waals surface area (Å²) in [6, 6.07) is 0. The van der Waals surface area contributed by atoms with Gasteiger partial charge in [0.05, 0.1) is 27.7 Å². The molecule has 2 atom stereocenters. The van der Waals surface area contributed by atoms with E-state index in [-0.39, 0.29) is 32.0 Å². The molecule has 0 spiro atoms. The van der Waals surface area contributed by atoms with Crippen molar-refractivity contribution in [2.24, 2.45) is 0 Å². The number of likely N-dealkylation sites (N-methyl/N-ethyl adjacent to an activating group) is 1. The third kappa shape index (κ3) is 40.2. The Bertz CT molecular complexity index is 980. The van der Waals surface area contributed by atoms with Gasteiger partial charge in [-0.1, -0.05) is 160 Å². The predicted molar refractivity (Wildman–Crippen MR) is 224 cm³/mol. The van der Waals surface area contributed by atoms with E-state index in [1.54, 1.807) is 0 Å². The monoisotopic (exact) mass is 787 g/mol. The maximum atomic E-state index is 12.7. The Hall–Kier alpha value is -1.51. The second-order valence-corrected chi connectivity index (χ2v) is 17.5. The molecule has 0 amide bonds. The van der Waals surface area contributed by atoms with Crippen LogP contribution in [0.3, 0.4) is 0 Å². The Labute approximate surface area is 332 Å². The zero-order valence-corrected chi connectivity index (χ0v) is 36.6. The molecule has 0 aromatic heterocycles. The van der Waals surface area contributed by atoms with Crippen LogP contribution in [-0.2, 0) is 32.7 Å². The van der Waals surface area contributed by atoms with Crippen LogP contribution in [0, 0.1) is 0 Å². The Balaban J connectivity index is 4.37. The molecule has 0 aliphatic rings. The van der Waals surface area contributed by atoms with Gasteiger partial charge in [0, 0.05) is 12.8 Å². The summed E-state index contributed by atoms with van der Waals surface area (Å²) in [6.07, 6.45) is 39.3. The molecule has 0 radical (unpaired) electrons. The van der Waals surface area contributed by atoms with Crippen molar-refractivity contribution in [3.8, 4) is 0 Å². The number of nitrogens with zero attached hydrogens (tertiary/aromatic N) is 1. The molecule has 54 heavy (non-hydrogen) atoms. The Morgan fingerprint density at radius 1 is 0.574 bits per heavy atom. The summed E-state index contributed by atoms with van der Waals surface area (Å²) < 4.78 is 34.3. The molecule has 0 heterocycles. The van der Waals surface area contributed by atoms with Crippen molar-refractivity contribution in [3.05, 3.63) is 24.3 Å². The van der Waals surface area contributed by atoms with Crippen LogP contribution in [0.4, 0.5) is 0 Å². The predicted octanol–water partition coefficient (Wildman–Crippen LogP) is 12.4. The Morgan fingerprint density at radius 2 is 1.00 bits per heavy atom. The summed E-state index contributed by atoms with van der Waals surface area (Å²) in [5, 5.41) is 0. The maximum Gasteiger partial charge on any atom is 0.472 e. The largest absolute Gasteiger partial charge is 0.472 e. The second-order valence-electron chi connectivity index (χ2n) is 16.1. The van der Waals surface area contributed by atoms with Gasteiger partial charge in [-0.05, 0) is 44.9 Å². The average Bonchev–Trinajstić information content (AvgIpc) is 3.12. The molecule has 1 N–H and O–H groups in total. The van der Waals surface area contributed by atoms with E-state index in [1.165, 1.54) is 103 Å². The van der Waals surface area contributed by atoms with Crippen LogP contribution in [0.25, 0.3) is 0 Å². The first-order chi connectivity index (χ1) is 26.0. The lowest BCUT2D eigenvalue weighted by atomic mass is 10.0. The lowest BCUT2D eigenvalue weighted by Crippen LogP contribution is -2.37. The van der Waals surface area contributed by atoms with Crippen molar-refractivity contribution in [1.29, 1.82) is 0 Å². The highest BCUT2D eigenvalue weighted by molar-refractivity contribution is 7.47. The Morgan fingerprint density at radius 3 is 1.50 bits per heavy atom.